The lowest BCUT2D eigenvalue weighted by Crippen LogP contribution is -2.37. The second-order valence-electron chi connectivity index (χ2n) is 5.78. The highest BCUT2D eigenvalue weighted by Gasteiger charge is 2.33. The summed E-state index contributed by atoms with van der Waals surface area (Å²) in [5.74, 6) is 0.884. The number of nitrogen functional groups attached to an aromatic ring is 1. The maximum Gasteiger partial charge on any atom is 0.240 e. The molecular weight excluding hydrogens is 296 g/mol. The van der Waals surface area contributed by atoms with Gasteiger partial charge in [0.2, 0.25) is 10.0 Å². The number of rotatable bonds is 3. The molecule has 20 heavy (non-hydrogen) atoms. The standard InChI is InChI=1S/C14H21ClN2O2S/c1-8-4-5-13(10(8)3)17-20(18,19)11-6-9(2)14(15)12(16)7-11/h6-8,10,13,17H,4-5,16H2,1-3H3. The Morgan fingerprint density at radius 3 is 2.45 bits per heavy atom. The fourth-order valence-corrected chi connectivity index (χ4v) is 4.31. The Morgan fingerprint density at radius 1 is 1.30 bits per heavy atom. The van der Waals surface area contributed by atoms with Gasteiger partial charge in [-0.05, 0) is 49.3 Å². The van der Waals surface area contributed by atoms with E-state index in [1.807, 2.05) is 0 Å². The number of nitrogens with two attached hydrogens (primary N) is 1. The first-order chi connectivity index (χ1) is 9.22. The number of hydrogen-bond acceptors (Lipinski definition) is 3. The van der Waals surface area contributed by atoms with Crippen LogP contribution in [-0.2, 0) is 10.0 Å². The number of benzene rings is 1. The molecule has 1 saturated carbocycles. The van der Waals surface area contributed by atoms with Gasteiger partial charge in [-0.25, -0.2) is 13.1 Å². The van der Waals surface area contributed by atoms with Gasteiger partial charge in [-0.1, -0.05) is 25.4 Å². The van der Waals surface area contributed by atoms with E-state index in [0.29, 0.717) is 28.1 Å². The maximum atomic E-state index is 12.4. The molecule has 2 rings (SSSR count). The molecule has 6 heteroatoms. The van der Waals surface area contributed by atoms with Crippen molar-refractivity contribution in [2.45, 2.75) is 44.6 Å². The monoisotopic (exact) mass is 316 g/mol. The molecule has 4 nitrogen and oxygen atoms in total. The summed E-state index contributed by atoms with van der Waals surface area (Å²) in [6.45, 7) is 5.99. The molecule has 0 heterocycles. The van der Waals surface area contributed by atoms with Crippen molar-refractivity contribution < 1.29 is 8.42 Å². The molecule has 0 amide bonds. The van der Waals surface area contributed by atoms with Crippen molar-refractivity contribution in [3.8, 4) is 0 Å². The van der Waals surface area contributed by atoms with Gasteiger partial charge in [0.05, 0.1) is 15.6 Å². The Morgan fingerprint density at radius 2 is 1.95 bits per heavy atom. The van der Waals surface area contributed by atoms with Gasteiger partial charge >= 0.3 is 0 Å². The van der Waals surface area contributed by atoms with E-state index in [1.165, 1.54) is 6.07 Å². The summed E-state index contributed by atoms with van der Waals surface area (Å²) >= 11 is 5.97. The molecule has 0 bridgehead atoms. The quantitative estimate of drug-likeness (QED) is 0.842. The van der Waals surface area contributed by atoms with Crippen molar-refractivity contribution in [3.05, 3.63) is 22.7 Å². The van der Waals surface area contributed by atoms with E-state index >= 15 is 0 Å². The van der Waals surface area contributed by atoms with Crippen molar-refractivity contribution in [3.63, 3.8) is 0 Å². The Kier molecular flexibility index (Phi) is 4.33. The van der Waals surface area contributed by atoms with E-state index in [-0.39, 0.29) is 10.9 Å². The number of hydrogen-bond donors (Lipinski definition) is 2. The number of anilines is 1. The minimum atomic E-state index is -3.55. The van der Waals surface area contributed by atoms with Gasteiger partial charge in [-0.2, -0.15) is 0 Å². The van der Waals surface area contributed by atoms with E-state index in [0.717, 1.165) is 12.8 Å². The minimum absolute atomic E-state index is 0.00721. The van der Waals surface area contributed by atoms with Crippen LogP contribution in [0, 0.1) is 18.8 Å². The van der Waals surface area contributed by atoms with Crippen LogP contribution in [0.25, 0.3) is 0 Å². The molecule has 1 aromatic carbocycles. The normalized spacial score (nSPS) is 26.9. The molecule has 0 spiro atoms. The number of nitrogens with one attached hydrogen (secondary N) is 1. The third kappa shape index (κ3) is 2.95. The smallest absolute Gasteiger partial charge is 0.240 e. The Balaban J connectivity index is 2.27. The van der Waals surface area contributed by atoms with Crippen LogP contribution in [0.5, 0.6) is 0 Å². The molecule has 112 valence electrons. The van der Waals surface area contributed by atoms with Crippen LogP contribution in [-0.4, -0.2) is 14.5 Å². The highest BCUT2D eigenvalue weighted by molar-refractivity contribution is 7.89. The largest absolute Gasteiger partial charge is 0.397 e. The summed E-state index contributed by atoms with van der Waals surface area (Å²) < 4.78 is 27.7. The molecule has 3 N–H and O–H groups in total. The van der Waals surface area contributed by atoms with Crippen molar-refractivity contribution in [2.75, 3.05) is 5.73 Å². The van der Waals surface area contributed by atoms with Crippen molar-refractivity contribution >= 4 is 27.3 Å². The molecule has 0 aromatic heterocycles. The van der Waals surface area contributed by atoms with Crippen LogP contribution in [0.2, 0.25) is 5.02 Å². The zero-order valence-corrected chi connectivity index (χ0v) is 13.6. The minimum Gasteiger partial charge on any atom is -0.397 e. The molecule has 0 aliphatic heterocycles. The predicted octanol–water partition coefficient (Wildman–Crippen LogP) is 2.94. The average molecular weight is 317 g/mol. The van der Waals surface area contributed by atoms with Gasteiger partial charge in [0.15, 0.2) is 0 Å². The third-order valence-corrected chi connectivity index (χ3v) is 6.32. The Labute approximate surface area is 125 Å². The number of aryl methyl sites for hydroxylation is 1. The van der Waals surface area contributed by atoms with E-state index in [2.05, 4.69) is 18.6 Å². The van der Waals surface area contributed by atoms with Crippen molar-refractivity contribution in [2.24, 2.45) is 11.8 Å². The molecule has 1 fully saturated rings. The second kappa shape index (κ2) is 5.54. The number of sulfonamides is 1. The summed E-state index contributed by atoms with van der Waals surface area (Å²) in [7, 11) is -3.55. The molecule has 0 saturated heterocycles. The molecule has 3 atom stereocenters. The SMILES string of the molecule is Cc1cc(S(=O)(=O)NC2CCC(C)C2C)cc(N)c1Cl. The van der Waals surface area contributed by atoms with Crippen molar-refractivity contribution in [1.82, 2.24) is 4.72 Å². The van der Waals surface area contributed by atoms with Gasteiger partial charge in [0.25, 0.3) is 0 Å². The summed E-state index contributed by atoms with van der Waals surface area (Å²) in [6, 6.07) is 2.97. The van der Waals surface area contributed by atoms with Crippen molar-refractivity contribution in [1.29, 1.82) is 0 Å². The lowest BCUT2D eigenvalue weighted by Gasteiger charge is -2.20. The van der Waals surface area contributed by atoms with E-state index < -0.39 is 10.0 Å². The molecule has 3 unspecified atom stereocenters. The number of halogens is 1. The average Bonchev–Trinajstić information content (AvgIpc) is 2.67. The summed E-state index contributed by atoms with van der Waals surface area (Å²) in [6.07, 6.45) is 1.93. The zero-order valence-electron chi connectivity index (χ0n) is 12.0. The fraction of sp³-hybridized carbons (Fsp3) is 0.571. The lowest BCUT2D eigenvalue weighted by molar-refractivity contribution is 0.402. The zero-order chi connectivity index (χ0) is 15.1. The molecule has 0 radical (unpaired) electrons. The van der Waals surface area contributed by atoms with Crippen LogP contribution in [0.1, 0.15) is 32.3 Å². The lowest BCUT2D eigenvalue weighted by atomic mass is 9.98. The van der Waals surface area contributed by atoms with Crippen LogP contribution >= 0.6 is 11.6 Å². The van der Waals surface area contributed by atoms with Gasteiger partial charge in [0, 0.05) is 6.04 Å². The van der Waals surface area contributed by atoms with Crippen LogP contribution in [0.15, 0.2) is 17.0 Å². The first-order valence-corrected chi connectivity index (χ1v) is 8.66. The molecule has 1 aliphatic carbocycles. The van der Waals surface area contributed by atoms with Crippen LogP contribution in [0.3, 0.4) is 0 Å². The topological polar surface area (TPSA) is 72.2 Å². The van der Waals surface area contributed by atoms with Gasteiger partial charge in [0.1, 0.15) is 0 Å². The highest BCUT2D eigenvalue weighted by Crippen LogP contribution is 2.33. The molecule has 1 aliphatic rings. The molecule has 1 aromatic rings. The maximum absolute atomic E-state index is 12.4. The van der Waals surface area contributed by atoms with Crippen LogP contribution in [0.4, 0.5) is 5.69 Å². The summed E-state index contributed by atoms with van der Waals surface area (Å²) in [5.41, 5.74) is 6.71. The second-order valence-corrected chi connectivity index (χ2v) is 7.88. The third-order valence-electron chi connectivity index (χ3n) is 4.34. The Bertz CT molecular complexity index is 593. The van der Waals surface area contributed by atoms with E-state index in [9.17, 15) is 8.42 Å². The Hall–Kier alpha value is -0.780. The van der Waals surface area contributed by atoms with Gasteiger partial charge in [-0.15, -0.1) is 0 Å². The first-order valence-electron chi connectivity index (χ1n) is 6.80. The van der Waals surface area contributed by atoms with Gasteiger partial charge < -0.3 is 5.73 Å². The predicted molar refractivity (Wildman–Crippen MR) is 82.3 cm³/mol. The summed E-state index contributed by atoms with van der Waals surface area (Å²) in [4.78, 5) is 0.184. The summed E-state index contributed by atoms with van der Waals surface area (Å²) in [5, 5.41) is 0.409. The highest BCUT2D eigenvalue weighted by atomic mass is 35.5. The van der Waals surface area contributed by atoms with Gasteiger partial charge in [-0.3, -0.25) is 0 Å². The van der Waals surface area contributed by atoms with Crippen LogP contribution < -0.4 is 10.5 Å². The fourth-order valence-electron chi connectivity index (χ4n) is 2.72. The first kappa shape index (κ1) is 15.6. The van der Waals surface area contributed by atoms with E-state index in [4.69, 9.17) is 17.3 Å². The molecular formula is C14H21ClN2O2S. The van der Waals surface area contributed by atoms with E-state index in [1.54, 1.807) is 13.0 Å².